The summed E-state index contributed by atoms with van der Waals surface area (Å²) in [6.07, 6.45) is 88.1. The van der Waals surface area contributed by atoms with Crippen LogP contribution in [0.3, 0.4) is 0 Å². The van der Waals surface area contributed by atoms with Crippen molar-refractivity contribution < 1.29 is 0 Å². The Labute approximate surface area is 929 Å². The van der Waals surface area contributed by atoms with Gasteiger partial charge >= 0.3 is 0 Å². The van der Waals surface area contributed by atoms with Gasteiger partial charge in [0.15, 0.2) is 0 Å². The molecule has 0 radical (unpaired) electrons. The fraction of sp³-hybridized carbons (Fsp3) is 1.00. The summed E-state index contributed by atoms with van der Waals surface area (Å²) in [5.41, 5.74) is 11.2. The van der Waals surface area contributed by atoms with E-state index in [9.17, 15) is 0 Å². The van der Waals surface area contributed by atoms with Crippen LogP contribution >= 0.6 is 0 Å². The molecular weight excluding hydrogens is 1770 g/mol. The molecule has 16 rings (SSSR count). The zero-order valence-electron chi connectivity index (χ0n) is 111. The van der Waals surface area contributed by atoms with E-state index in [0.29, 0.717) is 130 Å². The van der Waals surface area contributed by atoms with E-state index in [1.807, 2.05) is 0 Å². The molecule has 16 unspecified atom stereocenters. The third kappa shape index (κ3) is 28.0. The highest BCUT2D eigenvalue weighted by Crippen LogP contribution is 2.74. The first-order chi connectivity index (χ1) is 67.0. The Kier molecular flexibility index (Phi) is 43.2. The summed E-state index contributed by atoms with van der Waals surface area (Å²) >= 11 is 0. The predicted octanol–water partition coefficient (Wildman–Crippen LogP) is 49.6. The Morgan fingerprint density at radius 2 is 0.259 bits per heavy atom. The van der Waals surface area contributed by atoms with Gasteiger partial charge in [-0.25, -0.2) is 0 Å². The maximum atomic E-state index is 2.52. The van der Waals surface area contributed by atoms with Crippen molar-refractivity contribution in [1.29, 1.82) is 0 Å². The lowest BCUT2D eigenvalue weighted by Crippen LogP contribution is -2.53. The Morgan fingerprint density at radius 1 is 0.102 bits per heavy atom. The smallest absolute Gasteiger partial charge is 0.0169 e. The largest absolute Gasteiger partial charge is 0.0596 e. The third-order valence-corrected chi connectivity index (χ3v) is 52.4. The molecule has 0 bridgehead atoms. The Morgan fingerprint density at radius 3 is 0.524 bits per heavy atom. The number of fused-ring (bicyclic) bond motifs is 8. The number of hydrogen-bond acceptors (Lipinski definition) is 0. The molecule has 0 heteroatoms. The van der Waals surface area contributed by atoms with Crippen LogP contribution in [0.15, 0.2) is 0 Å². The quantitative estimate of drug-likeness (QED) is 0.227. The van der Waals surface area contributed by atoms with E-state index in [1.165, 1.54) is 379 Å². The summed E-state index contributed by atoms with van der Waals surface area (Å²) in [6.45, 7) is 120. The van der Waals surface area contributed by atoms with Crippen LogP contribution in [-0.2, 0) is 0 Å². The average molecular weight is 2050 g/mol. The topological polar surface area (TPSA) is 0 Å². The monoisotopic (exact) mass is 2040 g/mol. The van der Waals surface area contributed by atoms with Crippen LogP contribution in [0.1, 0.15) is 711 Å². The molecule has 16 atom stereocenters. The lowest BCUT2D eigenvalue weighted by Gasteiger charge is -2.60. The first-order valence-electron chi connectivity index (χ1n) is 67.0. The highest BCUT2D eigenvalue weighted by atomic mass is 14.7. The zero-order chi connectivity index (χ0) is 111. The maximum absolute atomic E-state index is 2.52. The van der Waals surface area contributed by atoms with Gasteiger partial charge in [-0.15, -0.1) is 0 Å². The van der Waals surface area contributed by atoms with Crippen LogP contribution in [0.4, 0.5) is 0 Å². The van der Waals surface area contributed by atoms with Gasteiger partial charge in [-0.05, 0) is 359 Å². The van der Waals surface area contributed by atoms with Crippen LogP contribution < -0.4 is 0 Å². The molecule has 0 spiro atoms. The standard InChI is InChI=1S/3C19H36.5C18H34/c1-17(2,3)19(18(4,5)6)14-10-9-12-15-11-7-8-13-16(15)19;1-17(2,3)19(18(4,5)6)13-9-12-15-10-7-8-11-16(15)14-19;1-17(2,3)19(18(4,5)6)13-11-15-9-7-8-10-16(15)12-14-19;1-16(2,3)18(17(4,5)6)12-8-11-14-9-7-10-15(14)13-18;1-16(2,3)18(17(4,5)6)13-8-7-10-14-11-9-12-15(14)18;1-16(2,3)18(17(4,5)6)12-10-14-8-7-9-15(14)11-13-18;1-16(2,3)18(17(4,5)6)12-14-10-8-7-9-11-15(14)13-18;1-16(2,3)18(17(4,5)6)13-12-14-10-8-7-9-11-15(14)18/h3*15-16H,7-14H2,1-6H3;5*14-15H,7-13H2,1-6H3. The summed E-state index contributed by atoms with van der Waals surface area (Å²) < 4.78 is 0. The van der Waals surface area contributed by atoms with Crippen molar-refractivity contribution in [3.63, 3.8) is 0 Å². The molecule has 0 saturated heterocycles. The lowest BCUT2D eigenvalue weighted by molar-refractivity contribution is -0.117. The van der Waals surface area contributed by atoms with E-state index in [4.69, 9.17) is 0 Å². The van der Waals surface area contributed by atoms with Gasteiger partial charge in [0.05, 0.1) is 0 Å². The molecule has 16 aliphatic carbocycles. The zero-order valence-corrected chi connectivity index (χ0v) is 111. The van der Waals surface area contributed by atoms with Gasteiger partial charge in [0.2, 0.25) is 0 Å². The predicted molar refractivity (Wildman–Crippen MR) is 659 cm³/mol. The van der Waals surface area contributed by atoms with Crippen LogP contribution in [-0.4, -0.2) is 0 Å². The molecule has 16 fully saturated rings. The minimum atomic E-state index is 0.426. The molecule has 16 aliphatic rings. The first kappa shape index (κ1) is 130. The van der Waals surface area contributed by atoms with E-state index >= 15 is 0 Å². The van der Waals surface area contributed by atoms with Gasteiger partial charge in [-0.1, -0.05) is 576 Å². The van der Waals surface area contributed by atoms with E-state index < -0.39 is 0 Å². The summed E-state index contributed by atoms with van der Waals surface area (Å²) in [7, 11) is 0. The Hall–Kier alpha value is 0. The molecule has 0 aromatic rings. The van der Waals surface area contributed by atoms with Crippen molar-refractivity contribution in [3.05, 3.63) is 0 Å². The second kappa shape index (κ2) is 48.7. The van der Waals surface area contributed by atoms with E-state index in [1.54, 1.807) is 0 Å². The molecule has 0 nitrogen and oxygen atoms in total. The third-order valence-electron chi connectivity index (χ3n) is 52.4. The van der Waals surface area contributed by atoms with E-state index in [0.717, 1.165) is 94.7 Å². The van der Waals surface area contributed by atoms with Crippen molar-refractivity contribution in [1.82, 2.24) is 0 Å². The molecule has 0 N–H and O–H groups in total. The van der Waals surface area contributed by atoms with Crippen molar-refractivity contribution in [2.45, 2.75) is 711 Å². The molecule has 0 amide bonds. The second-order valence-electron chi connectivity index (χ2n) is 73.7. The van der Waals surface area contributed by atoms with Gasteiger partial charge in [0.25, 0.3) is 0 Å². The van der Waals surface area contributed by atoms with Crippen molar-refractivity contribution in [3.8, 4) is 0 Å². The normalized spacial score (nSPS) is 32.8. The number of rotatable bonds is 0. The fourth-order valence-corrected chi connectivity index (χ4v) is 45.7. The van der Waals surface area contributed by atoms with Crippen LogP contribution in [0, 0.1) is 225 Å². The SMILES string of the molecule is CC(C)(C)C1(C(C)(C)C)CC2CCCCCC2C1.CC(C)(C)C1(C(C)(C)C)CCC2CCCC2CC1.CC(C)(C)C1(C(C)(C)C)CCC2CCCCC2CC1.CC(C)(C)C1(C(C)(C)C)CCC2CCCCCC21.CC(C)(C)C1(C(C)(C)C)CCCC2CCCC2C1.CC(C)(C)C1(C(C)(C)C)CCCC2CCCCC2C1.CC(C)(C)C1(C(C)(C)C)CCCCC2CCCC21.CC(C)(C)C1(C(C)(C)C)CCCCC2CCCCC21. The molecule has 147 heavy (non-hydrogen) atoms. The van der Waals surface area contributed by atoms with Crippen LogP contribution in [0.2, 0.25) is 0 Å². The van der Waals surface area contributed by atoms with Gasteiger partial charge in [-0.2, -0.15) is 0 Å². The van der Waals surface area contributed by atoms with Gasteiger partial charge in [-0.3, -0.25) is 0 Å². The summed E-state index contributed by atoms with van der Waals surface area (Å²) in [5.74, 6) is 16.5. The highest BCUT2D eigenvalue weighted by molar-refractivity contribution is 5.15. The Balaban J connectivity index is 0.000000187. The number of hydrogen-bond donors (Lipinski definition) is 0. The van der Waals surface area contributed by atoms with Crippen molar-refractivity contribution in [2.75, 3.05) is 0 Å². The van der Waals surface area contributed by atoms with Crippen molar-refractivity contribution >= 4 is 0 Å². The molecule has 0 aliphatic heterocycles. The molecular formula is C147H278. The average Bonchev–Trinajstić information content (AvgIpc) is 1.56. The second-order valence-corrected chi connectivity index (χ2v) is 73.7. The minimum absolute atomic E-state index is 0.426. The summed E-state index contributed by atoms with van der Waals surface area (Å²) in [6, 6.07) is 0. The molecule has 16 saturated carbocycles. The molecule has 0 aromatic heterocycles. The van der Waals surface area contributed by atoms with E-state index in [2.05, 4.69) is 332 Å². The van der Waals surface area contributed by atoms with Crippen LogP contribution in [0.5, 0.6) is 0 Å². The van der Waals surface area contributed by atoms with Crippen LogP contribution in [0.25, 0.3) is 0 Å². The lowest BCUT2D eigenvalue weighted by atomic mass is 9.44. The highest BCUT2D eigenvalue weighted by Gasteiger charge is 2.65. The summed E-state index contributed by atoms with van der Waals surface area (Å²) in [5, 5.41) is 0. The molecule has 0 aromatic carbocycles. The summed E-state index contributed by atoms with van der Waals surface area (Å²) in [4.78, 5) is 0. The first-order valence-corrected chi connectivity index (χ1v) is 67.0. The maximum Gasteiger partial charge on any atom is -0.0169 e. The Bertz CT molecular complexity index is 3640. The molecule has 866 valence electrons. The molecule has 0 heterocycles. The van der Waals surface area contributed by atoms with E-state index in [-0.39, 0.29) is 0 Å². The minimum Gasteiger partial charge on any atom is -0.0596 e. The van der Waals surface area contributed by atoms with Crippen molar-refractivity contribution in [2.24, 2.45) is 225 Å². The van der Waals surface area contributed by atoms with Gasteiger partial charge in [0.1, 0.15) is 0 Å². The van der Waals surface area contributed by atoms with Gasteiger partial charge in [0, 0.05) is 0 Å². The van der Waals surface area contributed by atoms with Gasteiger partial charge < -0.3 is 0 Å². The fourth-order valence-electron chi connectivity index (χ4n) is 45.7.